The highest BCUT2D eigenvalue weighted by molar-refractivity contribution is 9.10. The molecule has 0 amide bonds. The molecule has 39 heavy (non-hydrogen) atoms. The minimum atomic E-state index is 0. The lowest BCUT2D eigenvalue weighted by Gasteiger charge is -2.02. The minimum absolute atomic E-state index is 0. The maximum absolute atomic E-state index is 5.42. The van der Waals surface area contributed by atoms with Gasteiger partial charge in [-0.3, -0.25) is 0 Å². The molecule has 2 aromatic heterocycles. The van der Waals surface area contributed by atoms with E-state index in [4.69, 9.17) is 9.68 Å². The standard InChI is InChI=1S/C29H28Br2N4O2.2BrH/c30-28-8-3-1-6-26(28)22-36-32-20-24-10-16-34(17-11-24)14-5-15-35-18-12-25(13-19-35)21-33-37-23-27-7-2-4-9-29(27)31;;/h1-4,6-13,16-21H,5,14-15,22-23H2;2*1H/q+2;;/p-2/b32-20+,33-21+;;. The van der Waals surface area contributed by atoms with Crippen molar-refractivity contribution < 1.29 is 52.8 Å². The number of oxime groups is 2. The van der Waals surface area contributed by atoms with Crippen LogP contribution in [0.3, 0.4) is 0 Å². The number of benzene rings is 2. The van der Waals surface area contributed by atoms with Crippen molar-refractivity contribution >= 4 is 44.3 Å². The molecule has 0 unspecified atom stereocenters. The van der Waals surface area contributed by atoms with E-state index in [1.807, 2.05) is 72.8 Å². The van der Waals surface area contributed by atoms with Gasteiger partial charge in [0.05, 0.1) is 18.9 Å². The Labute approximate surface area is 267 Å². The van der Waals surface area contributed by atoms with Crippen molar-refractivity contribution in [3.8, 4) is 0 Å². The zero-order valence-corrected chi connectivity index (χ0v) is 27.4. The normalized spacial score (nSPS) is 10.7. The Bertz CT molecular complexity index is 1230. The number of rotatable bonds is 12. The van der Waals surface area contributed by atoms with Gasteiger partial charge in [0.1, 0.15) is 13.2 Å². The van der Waals surface area contributed by atoms with E-state index in [2.05, 4.69) is 76.1 Å². The first-order valence-electron chi connectivity index (χ1n) is 11.9. The maximum atomic E-state index is 5.42. The number of nitrogens with zero attached hydrogens (tertiary/aromatic N) is 4. The number of aryl methyl sites for hydroxylation is 2. The SMILES string of the molecule is Brc1ccccc1CO/N=C/c1cc[n+](CCC[n+]2ccc(/C=N/OCc3ccccc3Br)cc2)cc1.[Br-].[Br-]. The highest BCUT2D eigenvalue weighted by Gasteiger charge is 2.05. The van der Waals surface area contributed by atoms with Crippen LogP contribution >= 0.6 is 31.9 Å². The van der Waals surface area contributed by atoms with E-state index >= 15 is 0 Å². The lowest BCUT2D eigenvalue weighted by atomic mass is 10.2. The molecule has 0 aliphatic heterocycles. The van der Waals surface area contributed by atoms with Crippen LogP contribution in [-0.2, 0) is 36.0 Å². The first-order valence-corrected chi connectivity index (χ1v) is 13.5. The molecule has 4 aromatic rings. The van der Waals surface area contributed by atoms with Crippen LogP contribution in [-0.4, -0.2) is 12.4 Å². The zero-order valence-electron chi connectivity index (χ0n) is 21.0. The Morgan fingerprint density at radius 2 is 0.974 bits per heavy atom. The Kier molecular flexibility index (Phi) is 15.2. The first-order chi connectivity index (χ1) is 18.2. The third-order valence-corrected chi connectivity index (χ3v) is 7.12. The predicted octanol–water partition coefficient (Wildman–Crippen LogP) is -0.0137. The number of hydrogen-bond acceptors (Lipinski definition) is 4. The van der Waals surface area contributed by atoms with E-state index in [9.17, 15) is 0 Å². The fourth-order valence-electron chi connectivity index (χ4n) is 3.48. The molecule has 2 aromatic carbocycles. The summed E-state index contributed by atoms with van der Waals surface area (Å²) < 4.78 is 6.38. The van der Waals surface area contributed by atoms with Gasteiger partial charge in [-0.05, 0) is 12.1 Å². The molecular formula is C29H28Br4N4O2. The first kappa shape index (κ1) is 32.8. The van der Waals surface area contributed by atoms with E-state index in [0.717, 1.165) is 50.7 Å². The molecule has 204 valence electrons. The average molecular weight is 784 g/mol. The summed E-state index contributed by atoms with van der Waals surface area (Å²) in [5, 5.41) is 8.16. The Hall–Kier alpha value is -2.40. The van der Waals surface area contributed by atoms with Crippen LogP contribution in [0.2, 0.25) is 0 Å². The molecule has 0 fully saturated rings. The topological polar surface area (TPSA) is 50.9 Å². The number of halogens is 4. The van der Waals surface area contributed by atoms with Crippen molar-refractivity contribution in [3.05, 3.63) is 129 Å². The quantitative estimate of drug-likeness (QED) is 0.116. The predicted molar refractivity (Wildman–Crippen MR) is 151 cm³/mol. The molecular weight excluding hydrogens is 756 g/mol. The van der Waals surface area contributed by atoms with Gasteiger partial charge in [-0.15, -0.1) is 0 Å². The average Bonchev–Trinajstić information content (AvgIpc) is 2.92. The molecule has 10 heteroatoms. The summed E-state index contributed by atoms with van der Waals surface area (Å²) in [6.07, 6.45) is 12.7. The van der Waals surface area contributed by atoms with Crippen molar-refractivity contribution in [2.24, 2.45) is 10.3 Å². The fraction of sp³-hybridized carbons (Fsp3) is 0.172. The Balaban J connectivity index is 0.00000267. The second-order valence-electron chi connectivity index (χ2n) is 8.29. The third-order valence-electron chi connectivity index (χ3n) is 5.57. The summed E-state index contributed by atoms with van der Waals surface area (Å²) in [5.74, 6) is 0. The molecule has 2 heterocycles. The van der Waals surface area contributed by atoms with Crippen LogP contribution in [0.4, 0.5) is 0 Å². The second-order valence-corrected chi connectivity index (χ2v) is 10.00. The number of aromatic nitrogens is 2. The lowest BCUT2D eigenvalue weighted by Crippen LogP contribution is -3.00. The molecule has 4 rings (SSSR count). The van der Waals surface area contributed by atoms with Crippen molar-refractivity contribution in [2.45, 2.75) is 32.7 Å². The lowest BCUT2D eigenvalue weighted by molar-refractivity contribution is -0.726. The highest BCUT2D eigenvalue weighted by atomic mass is 79.9. The van der Waals surface area contributed by atoms with E-state index in [0.29, 0.717) is 13.2 Å². The fourth-order valence-corrected chi connectivity index (χ4v) is 4.28. The summed E-state index contributed by atoms with van der Waals surface area (Å²) in [5.41, 5.74) is 4.12. The highest BCUT2D eigenvalue weighted by Crippen LogP contribution is 2.17. The van der Waals surface area contributed by atoms with Crippen LogP contribution in [0.25, 0.3) is 0 Å². The van der Waals surface area contributed by atoms with Crippen LogP contribution in [0, 0.1) is 0 Å². The summed E-state index contributed by atoms with van der Waals surface area (Å²) in [6.45, 7) is 2.71. The van der Waals surface area contributed by atoms with Crippen LogP contribution in [0.15, 0.2) is 117 Å². The largest absolute Gasteiger partial charge is 1.00 e. The molecule has 0 aliphatic rings. The number of pyridine rings is 2. The van der Waals surface area contributed by atoms with E-state index in [1.165, 1.54) is 0 Å². The minimum Gasteiger partial charge on any atom is -1.00 e. The van der Waals surface area contributed by atoms with Crippen molar-refractivity contribution in [1.82, 2.24) is 0 Å². The molecule has 0 spiro atoms. The molecule has 0 radical (unpaired) electrons. The van der Waals surface area contributed by atoms with Crippen LogP contribution in [0.1, 0.15) is 28.7 Å². The molecule has 6 nitrogen and oxygen atoms in total. The second kappa shape index (κ2) is 18.0. The smallest absolute Gasteiger partial charge is 0.169 e. The molecule has 0 atom stereocenters. The monoisotopic (exact) mass is 780 g/mol. The van der Waals surface area contributed by atoms with Crippen molar-refractivity contribution in [2.75, 3.05) is 0 Å². The molecule has 0 saturated heterocycles. The maximum Gasteiger partial charge on any atom is 0.169 e. The summed E-state index contributed by atoms with van der Waals surface area (Å²) in [7, 11) is 0. The molecule has 0 bridgehead atoms. The summed E-state index contributed by atoms with van der Waals surface area (Å²) in [4.78, 5) is 10.8. The van der Waals surface area contributed by atoms with Gasteiger partial charge in [-0.1, -0.05) is 78.6 Å². The van der Waals surface area contributed by atoms with Crippen molar-refractivity contribution in [1.29, 1.82) is 0 Å². The number of hydrogen-bond donors (Lipinski definition) is 0. The van der Waals surface area contributed by atoms with Crippen LogP contribution < -0.4 is 43.1 Å². The van der Waals surface area contributed by atoms with E-state index in [1.54, 1.807) is 12.4 Å². The summed E-state index contributed by atoms with van der Waals surface area (Å²) in [6, 6.07) is 24.0. The van der Waals surface area contributed by atoms with Gasteiger partial charge >= 0.3 is 0 Å². The van der Waals surface area contributed by atoms with E-state index in [-0.39, 0.29) is 34.0 Å². The van der Waals surface area contributed by atoms with Gasteiger partial charge in [0, 0.05) is 55.5 Å². The Morgan fingerprint density at radius 1 is 0.590 bits per heavy atom. The molecule has 0 N–H and O–H groups in total. The van der Waals surface area contributed by atoms with Gasteiger partial charge < -0.3 is 43.6 Å². The van der Waals surface area contributed by atoms with Crippen molar-refractivity contribution in [3.63, 3.8) is 0 Å². The van der Waals surface area contributed by atoms with Gasteiger partial charge in [-0.2, -0.15) is 0 Å². The third kappa shape index (κ3) is 11.3. The molecule has 0 aliphatic carbocycles. The Morgan fingerprint density at radius 3 is 1.36 bits per heavy atom. The van der Waals surface area contributed by atoms with Gasteiger partial charge in [0.2, 0.25) is 0 Å². The summed E-state index contributed by atoms with van der Waals surface area (Å²) >= 11 is 7.03. The van der Waals surface area contributed by atoms with E-state index < -0.39 is 0 Å². The van der Waals surface area contributed by atoms with Gasteiger partial charge in [-0.25, -0.2) is 9.13 Å². The zero-order chi connectivity index (χ0) is 25.7. The van der Waals surface area contributed by atoms with Crippen LogP contribution in [0.5, 0.6) is 0 Å². The molecule has 0 saturated carbocycles. The van der Waals surface area contributed by atoms with Gasteiger partial charge in [0.15, 0.2) is 37.9 Å². The van der Waals surface area contributed by atoms with Gasteiger partial charge in [0.25, 0.3) is 0 Å².